The van der Waals surface area contributed by atoms with Crippen molar-refractivity contribution in [3.05, 3.63) is 44.4 Å². The topological polar surface area (TPSA) is 56.0 Å². The average Bonchev–Trinajstić information content (AvgIpc) is 2.70. The molecule has 0 saturated heterocycles. The van der Waals surface area contributed by atoms with Crippen LogP contribution in [0.2, 0.25) is 0 Å². The molecule has 2 aromatic rings. The summed E-state index contributed by atoms with van der Waals surface area (Å²) in [5, 5.41) is 11.9. The number of nitro benzene ring substituents is 1. The molecule has 0 amide bonds. The van der Waals surface area contributed by atoms with Crippen LogP contribution in [0.15, 0.2) is 12.1 Å². The predicted octanol–water partition coefficient (Wildman–Crippen LogP) is 4.26. The molecule has 1 heterocycles. The Morgan fingerprint density at radius 3 is 2.63 bits per heavy atom. The minimum Gasteiger partial charge on any atom is -0.258 e. The zero-order valence-corrected chi connectivity index (χ0v) is 12.2. The molecule has 1 aromatic carbocycles. The van der Waals surface area contributed by atoms with Crippen molar-refractivity contribution >= 4 is 17.0 Å². The first-order valence-corrected chi connectivity index (χ1v) is 6.86. The normalized spacial score (nSPS) is 11.0. The van der Waals surface area contributed by atoms with Crippen LogP contribution in [-0.4, -0.2) is 9.91 Å². The number of hydrogen-bond acceptors (Lipinski definition) is 4. The molecule has 1 radical (unpaired) electrons. The Balaban J connectivity index is 2.63. The second-order valence-electron chi connectivity index (χ2n) is 4.74. The summed E-state index contributed by atoms with van der Waals surface area (Å²) in [5.74, 6) is 0.320. The lowest BCUT2D eigenvalue weighted by atomic mass is 10.1. The number of thiazole rings is 1. The molecule has 0 spiro atoms. The van der Waals surface area contributed by atoms with E-state index in [0.29, 0.717) is 22.1 Å². The zero-order valence-electron chi connectivity index (χ0n) is 11.4. The van der Waals surface area contributed by atoms with Gasteiger partial charge in [-0.15, -0.1) is 11.3 Å². The molecule has 0 aliphatic carbocycles. The van der Waals surface area contributed by atoms with E-state index in [2.05, 4.69) is 24.9 Å². The minimum absolute atomic E-state index is 0.103. The van der Waals surface area contributed by atoms with Crippen LogP contribution in [0.5, 0.6) is 0 Å². The zero-order chi connectivity index (χ0) is 14.2. The van der Waals surface area contributed by atoms with E-state index >= 15 is 0 Å². The van der Waals surface area contributed by atoms with Gasteiger partial charge in [-0.2, -0.15) is 0 Å². The smallest absolute Gasteiger partial charge is 0.258 e. The van der Waals surface area contributed by atoms with Crippen LogP contribution in [0, 0.1) is 30.0 Å². The molecule has 0 bridgehead atoms. The quantitative estimate of drug-likeness (QED) is 0.621. The van der Waals surface area contributed by atoms with Crippen LogP contribution in [0.1, 0.15) is 35.9 Å². The molecule has 1 aromatic heterocycles. The molecule has 19 heavy (non-hydrogen) atoms. The summed E-state index contributed by atoms with van der Waals surface area (Å²) in [5.41, 5.74) is 2.24. The van der Waals surface area contributed by atoms with Crippen LogP contribution in [0.4, 0.5) is 5.69 Å². The maximum atomic E-state index is 11.2. The third-order valence-corrected chi connectivity index (χ3v) is 3.97. The van der Waals surface area contributed by atoms with Crippen LogP contribution in [-0.2, 0) is 0 Å². The monoisotopic (exact) mass is 275 g/mol. The first-order valence-electron chi connectivity index (χ1n) is 6.05. The molecule has 0 atom stereocenters. The first-order chi connectivity index (χ1) is 8.91. The van der Waals surface area contributed by atoms with Crippen molar-refractivity contribution in [1.29, 1.82) is 0 Å². The number of rotatable bonds is 3. The van der Waals surface area contributed by atoms with E-state index in [4.69, 9.17) is 0 Å². The Bertz CT molecular complexity index is 632. The summed E-state index contributed by atoms with van der Waals surface area (Å²) >= 11 is 1.51. The Labute approximate surface area is 116 Å². The summed E-state index contributed by atoms with van der Waals surface area (Å²) < 4.78 is 0. The minimum atomic E-state index is -0.354. The molecule has 4 nitrogen and oxygen atoms in total. The van der Waals surface area contributed by atoms with Gasteiger partial charge in [0.25, 0.3) is 5.69 Å². The molecule has 0 aliphatic rings. The molecule has 0 N–H and O–H groups in total. The fourth-order valence-corrected chi connectivity index (χ4v) is 3.16. The Morgan fingerprint density at radius 1 is 1.42 bits per heavy atom. The number of nitro groups is 1. The van der Waals surface area contributed by atoms with Crippen LogP contribution >= 0.6 is 11.3 Å². The van der Waals surface area contributed by atoms with Gasteiger partial charge in [0.2, 0.25) is 0 Å². The highest BCUT2D eigenvalue weighted by molar-refractivity contribution is 7.15. The van der Waals surface area contributed by atoms with Crippen molar-refractivity contribution in [2.45, 2.75) is 33.6 Å². The molecule has 0 saturated carbocycles. The SMILES string of the molecule is Cc1[c]ccc(-c2nc(C(C)C)c(C)s2)c1[N+](=O)[O-]. The molecule has 2 rings (SSSR count). The van der Waals surface area contributed by atoms with Crippen LogP contribution < -0.4 is 0 Å². The Hall–Kier alpha value is -1.75. The second kappa shape index (κ2) is 5.09. The summed E-state index contributed by atoms with van der Waals surface area (Å²) in [4.78, 5) is 16.5. The predicted molar refractivity (Wildman–Crippen MR) is 76.6 cm³/mol. The van der Waals surface area contributed by atoms with Gasteiger partial charge in [-0.05, 0) is 31.9 Å². The Morgan fingerprint density at radius 2 is 2.11 bits per heavy atom. The van der Waals surface area contributed by atoms with Gasteiger partial charge in [0.1, 0.15) is 5.01 Å². The van der Waals surface area contributed by atoms with Crippen molar-refractivity contribution in [2.24, 2.45) is 0 Å². The fourth-order valence-electron chi connectivity index (χ4n) is 2.07. The molecule has 0 unspecified atom stereocenters. The van der Waals surface area contributed by atoms with Gasteiger partial charge < -0.3 is 0 Å². The lowest BCUT2D eigenvalue weighted by Gasteiger charge is -2.02. The van der Waals surface area contributed by atoms with Gasteiger partial charge >= 0.3 is 0 Å². The number of aryl methyl sites for hydroxylation is 2. The van der Waals surface area contributed by atoms with Crippen molar-refractivity contribution in [3.8, 4) is 10.6 Å². The maximum Gasteiger partial charge on any atom is 0.283 e. The van der Waals surface area contributed by atoms with Crippen molar-refractivity contribution < 1.29 is 4.92 Å². The highest BCUT2D eigenvalue weighted by atomic mass is 32.1. The number of nitrogens with zero attached hydrogens (tertiary/aromatic N) is 2. The first kappa shape index (κ1) is 13.7. The van der Waals surface area contributed by atoms with E-state index in [-0.39, 0.29) is 10.6 Å². The number of benzene rings is 1. The molecular formula is C14H15N2O2S. The molecule has 0 aliphatic heterocycles. The number of aromatic nitrogens is 1. The number of hydrogen-bond donors (Lipinski definition) is 0. The van der Waals surface area contributed by atoms with Gasteiger partial charge in [0.15, 0.2) is 0 Å². The van der Waals surface area contributed by atoms with Gasteiger partial charge in [-0.1, -0.05) is 19.9 Å². The van der Waals surface area contributed by atoms with E-state index in [1.165, 1.54) is 11.3 Å². The third-order valence-electron chi connectivity index (χ3n) is 2.95. The van der Waals surface area contributed by atoms with Crippen molar-refractivity contribution in [3.63, 3.8) is 0 Å². The van der Waals surface area contributed by atoms with Gasteiger partial charge in [-0.3, -0.25) is 10.1 Å². The van der Waals surface area contributed by atoms with E-state index in [1.54, 1.807) is 19.1 Å². The maximum absolute atomic E-state index is 11.2. The van der Waals surface area contributed by atoms with E-state index in [1.807, 2.05) is 6.92 Å². The average molecular weight is 275 g/mol. The van der Waals surface area contributed by atoms with Crippen molar-refractivity contribution in [1.82, 2.24) is 4.98 Å². The van der Waals surface area contributed by atoms with Crippen LogP contribution in [0.3, 0.4) is 0 Å². The summed E-state index contributed by atoms with van der Waals surface area (Å²) in [6.45, 7) is 7.85. The van der Waals surface area contributed by atoms with Gasteiger partial charge in [0, 0.05) is 10.4 Å². The Kier molecular flexibility index (Phi) is 3.66. The van der Waals surface area contributed by atoms with Crippen LogP contribution in [0.25, 0.3) is 10.6 Å². The summed E-state index contributed by atoms with van der Waals surface area (Å²) in [6, 6.07) is 6.30. The summed E-state index contributed by atoms with van der Waals surface area (Å²) in [6.07, 6.45) is 0. The van der Waals surface area contributed by atoms with E-state index in [0.717, 1.165) is 10.6 Å². The fraction of sp³-hybridized carbons (Fsp3) is 0.357. The third kappa shape index (κ3) is 2.51. The summed E-state index contributed by atoms with van der Waals surface area (Å²) in [7, 11) is 0. The highest BCUT2D eigenvalue weighted by Crippen LogP contribution is 2.37. The van der Waals surface area contributed by atoms with Gasteiger partial charge in [-0.25, -0.2) is 4.98 Å². The van der Waals surface area contributed by atoms with E-state index in [9.17, 15) is 10.1 Å². The molecular weight excluding hydrogens is 260 g/mol. The lowest BCUT2D eigenvalue weighted by Crippen LogP contribution is -1.95. The second-order valence-corrected chi connectivity index (χ2v) is 5.94. The largest absolute Gasteiger partial charge is 0.283 e. The molecule has 99 valence electrons. The molecule has 0 fully saturated rings. The highest BCUT2D eigenvalue weighted by Gasteiger charge is 2.22. The van der Waals surface area contributed by atoms with E-state index < -0.39 is 0 Å². The lowest BCUT2D eigenvalue weighted by molar-refractivity contribution is -0.384. The standard InChI is InChI=1S/C14H15N2O2S/c1-8(2)12-10(4)19-14(15-12)11-7-5-6-9(3)13(11)16(17)18/h5,7-8H,1-4H3. The van der Waals surface area contributed by atoms with Crippen molar-refractivity contribution in [2.75, 3.05) is 0 Å². The van der Waals surface area contributed by atoms with Gasteiger partial charge in [0.05, 0.1) is 16.2 Å². The molecule has 5 heteroatoms.